The topological polar surface area (TPSA) is 73.1 Å². The molecule has 1 aromatic carbocycles. The van der Waals surface area contributed by atoms with E-state index in [0.29, 0.717) is 29.3 Å². The smallest absolute Gasteiger partial charge is 0.224 e. The van der Waals surface area contributed by atoms with E-state index >= 15 is 0 Å². The predicted molar refractivity (Wildman–Crippen MR) is 85.1 cm³/mol. The second-order valence-electron chi connectivity index (χ2n) is 6.22. The molecule has 1 saturated carbocycles. The molecule has 1 amide bonds. The van der Waals surface area contributed by atoms with Gasteiger partial charge in [-0.15, -0.1) is 0 Å². The average Bonchev–Trinajstić information content (AvgIpc) is 2.47. The number of benzene rings is 1. The van der Waals surface area contributed by atoms with Crippen LogP contribution in [0.2, 0.25) is 5.02 Å². The van der Waals surface area contributed by atoms with Crippen molar-refractivity contribution in [2.45, 2.75) is 50.7 Å². The normalized spacial score (nSPS) is 26.0. The number of carbonyl (C=O) groups is 1. The second kappa shape index (κ2) is 7.13. The number of hydrogen-bond donors (Lipinski definition) is 2. The lowest BCUT2D eigenvalue weighted by Crippen LogP contribution is -2.50. The van der Waals surface area contributed by atoms with Crippen LogP contribution in [0.5, 0.6) is 0 Å². The molecule has 0 radical (unpaired) electrons. The first-order valence-electron chi connectivity index (χ1n) is 7.60. The zero-order valence-corrected chi connectivity index (χ0v) is 13.4. The minimum Gasteiger partial charge on any atom is -0.388 e. The van der Waals surface area contributed by atoms with E-state index in [1.165, 1.54) is 0 Å². The van der Waals surface area contributed by atoms with E-state index in [4.69, 9.17) is 11.6 Å². The average molecular weight is 321 g/mol. The van der Waals surface area contributed by atoms with Crippen molar-refractivity contribution in [2.75, 3.05) is 0 Å². The van der Waals surface area contributed by atoms with Crippen molar-refractivity contribution in [3.8, 4) is 6.07 Å². The third kappa shape index (κ3) is 4.22. The summed E-state index contributed by atoms with van der Waals surface area (Å²) in [6.07, 6.45) is 2.43. The van der Waals surface area contributed by atoms with E-state index in [1.807, 2.05) is 0 Å². The van der Waals surface area contributed by atoms with Gasteiger partial charge in [0.15, 0.2) is 0 Å². The number of nitrogens with zero attached hydrogens (tertiary/aromatic N) is 1. The Morgan fingerprint density at radius 3 is 2.82 bits per heavy atom. The summed E-state index contributed by atoms with van der Waals surface area (Å²) in [6, 6.07) is 9.02. The van der Waals surface area contributed by atoms with Crippen LogP contribution in [0.3, 0.4) is 0 Å². The zero-order chi connectivity index (χ0) is 16.2. The summed E-state index contributed by atoms with van der Waals surface area (Å²) in [7, 11) is 0. The van der Waals surface area contributed by atoms with Crippen LogP contribution in [0.1, 0.15) is 50.7 Å². The Balaban J connectivity index is 1.97. The predicted octanol–water partition coefficient (Wildman–Crippen LogP) is 3.35. The van der Waals surface area contributed by atoms with E-state index in [1.54, 1.807) is 24.3 Å². The molecule has 0 aromatic heterocycles. The molecule has 0 spiro atoms. The van der Waals surface area contributed by atoms with Gasteiger partial charge in [-0.05, 0) is 42.9 Å². The molecule has 4 nitrogen and oxygen atoms in total. The molecule has 1 fully saturated rings. The quantitative estimate of drug-likeness (QED) is 0.893. The zero-order valence-electron chi connectivity index (χ0n) is 12.7. The Kier molecular flexibility index (Phi) is 5.44. The molecule has 3 unspecified atom stereocenters. The molecule has 0 bridgehead atoms. The molecule has 118 valence electrons. The van der Waals surface area contributed by atoms with Crippen molar-refractivity contribution in [3.63, 3.8) is 0 Å². The van der Waals surface area contributed by atoms with Crippen LogP contribution in [-0.4, -0.2) is 16.6 Å². The number of carbonyl (C=O) groups excluding carboxylic acids is 1. The summed E-state index contributed by atoms with van der Waals surface area (Å²) in [5.41, 5.74) is -0.142. The van der Waals surface area contributed by atoms with Crippen LogP contribution >= 0.6 is 11.6 Å². The van der Waals surface area contributed by atoms with Crippen molar-refractivity contribution in [3.05, 3.63) is 34.9 Å². The molecule has 0 heterocycles. The van der Waals surface area contributed by atoms with Crippen LogP contribution in [0, 0.1) is 17.2 Å². The molecule has 2 N–H and O–H groups in total. The third-order valence-corrected chi connectivity index (χ3v) is 4.48. The number of aliphatic hydroxyl groups excluding tert-OH is 1. The summed E-state index contributed by atoms with van der Waals surface area (Å²) in [5.74, 6) is 0.132. The van der Waals surface area contributed by atoms with Gasteiger partial charge in [0.05, 0.1) is 18.6 Å². The van der Waals surface area contributed by atoms with Gasteiger partial charge in [-0.25, -0.2) is 0 Å². The molecule has 1 aliphatic rings. The fourth-order valence-corrected chi connectivity index (χ4v) is 3.22. The summed E-state index contributed by atoms with van der Waals surface area (Å²) in [5, 5.41) is 23.0. The van der Waals surface area contributed by atoms with E-state index < -0.39 is 11.6 Å². The molecule has 5 heteroatoms. The maximum atomic E-state index is 12.2. The third-order valence-electron chi connectivity index (χ3n) is 4.22. The molecular formula is C17H21ClN2O2. The highest BCUT2D eigenvalue weighted by Gasteiger charge is 2.36. The molecule has 1 aromatic rings. The van der Waals surface area contributed by atoms with Gasteiger partial charge in [0.1, 0.15) is 5.54 Å². The summed E-state index contributed by atoms with van der Waals surface area (Å²) in [6.45, 7) is 2.10. The van der Waals surface area contributed by atoms with Gasteiger partial charge in [-0.3, -0.25) is 4.79 Å². The number of aliphatic hydroxyl groups is 1. The molecule has 0 aliphatic heterocycles. The van der Waals surface area contributed by atoms with Crippen LogP contribution in [0.25, 0.3) is 0 Å². The van der Waals surface area contributed by atoms with Crippen molar-refractivity contribution >= 4 is 17.5 Å². The number of nitriles is 1. The van der Waals surface area contributed by atoms with Gasteiger partial charge in [-0.1, -0.05) is 37.1 Å². The van der Waals surface area contributed by atoms with Crippen molar-refractivity contribution in [1.29, 1.82) is 5.26 Å². The fourth-order valence-electron chi connectivity index (χ4n) is 3.09. The second-order valence-corrected chi connectivity index (χ2v) is 6.65. The molecule has 3 atom stereocenters. The monoisotopic (exact) mass is 320 g/mol. The lowest BCUT2D eigenvalue weighted by molar-refractivity contribution is -0.124. The molecule has 1 aliphatic carbocycles. The Labute approximate surface area is 136 Å². The van der Waals surface area contributed by atoms with Crippen LogP contribution in [-0.2, 0) is 4.79 Å². The van der Waals surface area contributed by atoms with Crippen LogP contribution < -0.4 is 5.32 Å². The lowest BCUT2D eigenvalue weighted by Gasteiger charge is -2.35. The number of amides is 1. The van der Waals surface area contributed by atoms with Gasteiger partial charge in [0, 0.05) is 5.02 Å². The highest BCUT2D eigenvalue weighted by atomic mass is 35.5. The Morgan fingerprint density at radius 2 is 2.23 bits per heavy atom. The first-order valence-corrected chi connectivity index (χ1v) is 7.98. The fraction of sp³-hybridized carbons (Fsp3) is 0.529. The minimum atomic E-state index is -0.894. The minimum absolute atomic E-state index is 0.0561. The Hall–Kier alpha value is -1.57. The maximum Gasteiger partial charge on any atom is 0.224 e. The van der Waals surface area contributed by atoms with Gasteiger partial charge in [-0.2, -0.15) is 5.26 Å². The van der Waals surface area contributed by atoms with Crippen molar-refractivity contribution < 1.29 is 9.90 Å². The Morgan fingerprint density at radius 1 is 1.55 bits per heavy atom. The van der Waals surface area contributed by atoms with Crippen LogP contribution in [0.4, 0.5) is 0 Å². The summed E-state index contributed by atoms with van der Waals surface area (Å²) in [4.78, 5) is 12.2. The van der Waals surface area contributed by atoms with E-state index in [0.717, 1.165) is 12.8 Å². The first kappa shape index (κ1) is 16.8. The lowest BCUT2D eigenvalue weighted by atomic mass is 9.77. The maximum absolute atomic E-state index is 12.2. The van der Waals surface area contributed by atoms with Gasteiger partial charge in [0.2, 0.25) is 5.91 Å². The number of rotatable bonds is 4. The summed E-state index contributed by atoms with van der Waals surface area (Å²) < 4.78 is 0. The molecule has 22 heavy (non-hydrogen) atoms. The van der Waals surface area contributed by atoms with E-state index in [-0.39, 0.29) is 12.3 Å². The first-order chi connectivity index (χ1) is 10.4. The van der Waals surface area contributed by atoms with Gasteiger partial charge in [0.25, 0.3) is 0 Å². The van der Waals surface area contributed by atoms with E-state index in [9.17, 15) is 15.2 Å². The van der Waals surface area contributed by atoms with Gasteiger partial charge >= 0.3 is 0 Å². The SMILES string of the molecule is CC1CCCC(C#N)(NC(=O)CC(O)c2ccc(Cl)cc2)C1. The standard InChI is InChI=1S/C17H21ClN2O2/c1-12-3-2-8-17(10-12,11-19)20-16(22)9-15(21)13-4-6-14(18)7-5-13/h4-7,12,15,21H,2-3,8-10H2,1H3,(H,20,22). The molecule has 2 rings (SSSR count). The number of halogens is 1. The largest absolute Gasteiger partial charge is 0.388 e. The van der Waals surface area contributed by atoms with E-state index in [2.05, 4.69) is 18.3 Å². The number of nitrogens with one attached hydrogen (secondary N) is 1. The highest BCUT2D eigenvalue weighted by Crippen LogP contribution is 2.32. The van der Waals surface area contributed by atoms with Gasteiger partial charge < -0.3 is 10.4 Å². The van der Waals surface area contributed by atoms with Crippen molar-refractivity contribution in [2.24, 2.45) is 5.92 Å². The van der Waals surface area contributed by atoms with Crippen LogP contribution in [0.15, 0.2) is 24.3 Å². The number of hydrogen-bond acceptors (Lipinski definition) is 3. The Bertz CT molecular complexity index is 567. The molecule has 0 saturated heterocycles. The highest BCUT2D eigenvalue weighted by molar-refractivity contribution is 6.30. The summed E-state index contributed by atoms with van der Waals surface area (Å²) >= 11 is 5.80. The van der Waals surface area contributed by atoms with Crippen molar-refractivity contribution in [1.82, 2.24) is 5.32 Å². The molecular weight excluding hydrogens is 300 g/mol.